The van der Waals surface area contributed by atoms with E-state index in [9.17, 15) is 18.8 Å². The van der Waals surface area contributed by atoms with E-state index in [1.807, 2.05) is 0 Å². The van der Waals surface area contributed by atoms with Gasteiger partial charge in [0.2, 0.25) is 5.83 Å². The number of allylic oxidation sites excluding steroid dienone is 2. The van der Waals surface area contributed by atoms with E-state index < -0.39 is 46.7 Å². The van der Waals surface area contributed by atoms with Gasteiger partial charge in [0.15, 0.2) is 5.78 Å². The van der Waals surface area contributed by atoms with Crippen molar-refractivity contribution < 1.29 is 28.2 Å². The predicted octanol–water partition coefficient (Wildman–Crippen LogP) is 3.68. The van der Waals surface area contributed by atoms with Crippen molar-refractivity contribution in [2.45, 2.75) is 66.1 Å². The van der Waals surface area contributed by atoms with Crippen LogP contribution in [0.25, 0.3) is 0 Å². The quantitative estimate of drug-likeness (QED) is 0.407. The average molecular weight is 390 g/mol. The van der Waals surface area contributed by atoms with Gasteiger partial charge in [-0.1, -0.05) is 13.8 Å². The number of rotatable bonds is 5. The summed E-state index contributed by atoms with van der Waals surface area (Å²) >= 11 is 0. The van der Waals surface area contributed by atoms with Crippen LogP contribution in [0.4, 0.5) is 4.39 Å². The first-order valence-electron chi connectivity index (χ1n) is 9.27. The molecule has 0 spiro atoms. The van der Waals surface area contributed by atoms with Crippen molar-refractivity contribution in [2.24, 2.45) is 17.3 Å². The van der Waals surface area contributed by atoms with E-state index in [4.69, 9.17) is 15.9 Å². The summed E-state index contributed by atoms with van der Waals surface area (Å²) in [6.07, 6.45) is 6.06. The van der Waals surface area contributed by atoms with E-state index in [-0.39, 0.29) is 18.6 Å². The number of hydrogen-bond acceptors (Lipinski definition) is 5. The van der Waals surface area contributed by atoms with Crippen LogP contribution in [0.5, 0.6) is 0 Å². The largest absolute Gasteiger partial charge is 0.457 e. The molecule has 6 heteroatoms. The van der Waals surface area contributed by atoms with E-state index in [0.717, 1.165) is 6.08 Å². The fourth-order valence-electron chi connectivity index (χ4n) is 3.53. The molecule has 0 saturated heterocycles. The molecule has 0 N–H and O–H groups in total. The molecular weight excluding hydrogens is 363 g/mol. The molecule has 0 bridgehead atoms. The van der Waals surface area contributed by atoms with Gasteiger partial charge in [0.25, 0.3) is 0 Å². The van der Waals surface area contributed by atoms with E-state index in [0.29, 0.717) is 11.1 Å². The molecule has 0 unspecified atom stereocenters. The molecule has 1 saturated carbocycles. The molecule has 152 valence electrons. The maximum Gasteiger partial charge on any atom is 0.367 e. The molecular formula is C22H27FO5. The summed E-state index contributed by atoms with van der Waals surface area (Å²) in [5, 5.41) is 0. The number of carbonyl (C=O) groups is 3. The molecule has 2 aliphatic rings. The summed E-state index contributed by atoms with van der Waals surface area (Å²) < 4.78 is 24.7. The number of carbonyl (C=O) groups excluding carboxylic acids is 3. The molecule has 0 aromatic carbocycles. The number of Topliss-reactive ketones (excluding diaryl/α,β-unsaturated/α-hetero) is 1. The topological polar surface area (TPSA) is 69.7 Å². The number of terminal acetylenes is 1. The van der Waals surface area contributed by atoms with Crippen molar-refractivity contribution in [1.29, 1.82) is 0 Å². The second-order valence-electron chi connectivity index (χ2n) is 8.94. The van der Waals surface area contributed by atoms with Gasteiger partial charge >= 0.3 is 11.9 Å². The van der Waals surface area contributed by atoms with Crippen molar-refractivity contribution >= 4 is 17.7 Å². The predicted molar refractivity (Wildman–Crippen MR) is 101 cm³/mol. The zero-order valence-corrected chi connectivity index (χ0v) is 17.2. The third-order valence-electron chi connectivity index (χ3n) is 5.29. The monoisotopic (exact) mass is 390 g/mol. The van der Waals surface area contributed by atoms with Crippen molar-refractivity contribution in [3.8, 4) is 12.3 Å². The van der Waals surface area contributed by atoms with Gasteiger partial charge in [-0.2, -0.15) is 4.39 Å². The Labute approximate surface area is 165 Å². The van der Waals surface area contributed by atoms with Crippen molar-refractivity contribution in [3.05, 3.63) is 23.0 Å². The van der Waals surface area contributed by atoms with Gasteiger partial charge in [-0.25, -0.2) is 4.79 Å². The van der Waals surface area contributed by atoms with Crippen LogP contribution >= 0.6 is 0 Å². The van der Waals surface area contributed by atoms with Crippen LogP contribution < -0.4 is 0 Å². The van der Waals surface area contributed by atoms with Crippen molar-refractivity contribution in [1.82, 2.24) is 0 Å². The van der Waals surface area contributed by atoms with E-state index in [1.165, 1.54) is 0 Å². The molecule has 0 aliphatic heterocycles. The van der Waals surface area contributed by atoms with Crippen molar-refractivity contribution in [2.75, 3.05) is 0 Å². The van der Waals surface area contributed by atoms with Crippen LogP contribution in [0.1, 0.15) is 54.4 Å². The first kappa shape index (κ1) is 21.9. The molecule has 0 heterocycles. The summed E-state index contributed by atoms with van der Waals surface area (Å²) in [6, 6.07) is 0. The van der Waals surface area contributed by atoms with E-state index in [2.05, 4.69) is 5.92 Å². The first-order chi connectivity index (χ1) is 12.8. The maximum absolute atomic E-state index is 14.2. The Morgan fingerprint density at radius 1 is 1.36 bits per heavy atom. The fraction of sp³-hybridized carbons (Fsp3) is 0.591. The van der Waals surface area contributed by atoms with Crippen LogP contribution in [0.3, 0.4) is 0 Å². The van der Waals surface area contributed by atoms with Gasteiger partial charge in [-0.3, -0.25) is 9.59 Å². The fourth-order valence-corrected chi connectivity index (χ4v) is 3.53. The minimum absolute atomic E-state index is 0.0779. The zero-order valence-electron chi connectivity index (χ0n) is 17.2. The second-order valence-corrected chi connectivity index (χ2v) is 8.94. The lowest BCUT2D eigenvalue weighted by Crippen LogP contribution is -2.24. The standard InChI is InChI=1S/C22H27FO5/c1-8-9-13-12(2)17(11-16(13)24)27-20(26)18-14(22(18,6)7)10-15(23)19(25)28-21(3,4)5/h1,10,14,17-18H,9,11H2,2-7H3/t14-,17-,18-/m0/s1. The molecule has 3 atom stereocenters. The Bertz CT molecular complexity index is 804. The highest BCUT2D eigenvalue weighted by Crippen LogP contribution is 2.60. The molecule has 2 aliphatic carbocycles. The molecule has 2 rings (SSSR count). The van der Waals surface area contributed by atoms with Crippen molar-refractivity contribution in [3.63, 3.8) is 0 Å². The van der Waals surface area contributed by atoms with E-state index >= 15 is 0 Å². The molecule has 0 radical (unpaired) electrons. The average Bonchev–Trinajstić information content (AvgIpc) is 2.98. The molecule has 1 fully saturated rings. The zero-order chi connectivity index (χ0) is 21.4. The summed E-state index contributed by atoms with van der Waals surface area (Å²) in [6.45, 7) is 10.3. The Morgan fingerprint density at radius 3 is 2.50 bits per heavy atom. The molecule has 0 aromatic heterocycles. The third-order valence-corrected chi connectivity index (χ3v) is 5.29. The normalized spacial score (nSPS) is 26.7. The second kappa shape index (κ2) is 7.54. The minimum atomic E-state index is -1.05. The Hall–Kier alpha value is -2.42. The third kappa shape index (κ3) is 4.52. The van der Waals surface area contributed by atoms with Gasteiger partial charge in [0, 0.05) is 12.0 Å². The SMILES string of the molecule is C#CCC1=C(C)[C@@H](OC(=O)[C@@H]2[C@H](C=C(F)C(=O)OC(C)(C)C)C2(C)C)CC1=O. The number of hydrogen-bond donors (Lipinski definition) is 0. The summed E-state index contributed by atoms with van der Waals surface area (Å²) in [4.78, 5) is 36.5. The Kier molecular flexibility index (Phi) is 5.89. The van der Waals surface area contributed by atoms with Crippen LogP contribution in [-0.2, 0) is 23.9 Å². The molecule has 28 heavy (non-hydrogen) atoms. The van der Waals surface area contributed by atoms with Gasteiger partial charge in [0.05, 0.1) is 12.3 Å². The molecule has 5 nitrogen and oxygen atoms in total. The molecule has 0 amide bonds. The highest BCUT2D eigenvalue weighted by molar-refractivity contribution is 6.00. The van der Waals surface area contributed by atoms with E-state index in [1.54, 1.807) is 41.5 Å². The van der Waals surface area contributed by atoms with Crippen LogP contribution in [0, 0.1) is 29.6 Å². The van der Waals surface area contributed by atoms with Gasteiger partial charge in [-0.15, -0.1) is 12.3 Å². The Balaban J connectivity index is 2.07. The number of ketones is 1. The summed E-state index contributed by atoms with van der Waals surface area (Å²) in [5.41, 5.74) is -0.183. The van der Waals surface area contributed by atoms with Gasteiger partial charge < -0.3 is 9.47 Å². The van der Waals surface area contributed by atoms with Crippen LogP contribution in [0.2, 0.25) is 0 Å². The van der Waals surface area contributed by atoms with Crippen LogP contribution in [0.15, 0.2) is 23.0 Å². The first-order valence-corrected chi connectivity index (χ1v) is 9.27. The maximum atomic E-state index is 14.2. The highest BCUT2D eigenvalue weighted by Gasteiger charge is 2.62. The summed E-state index contributed by atoms with van der Waals surface area (Å²) in [7, 11) is 0. The summed E-state index contributed by atoms with van der Waals surface area (Å²) in [5.74, 6) is -1.35. The number of halogens is 1. The lowest BCUT2D eigenvalue weighted by atomic mass is 10.1. The highest BCUT2D eigenvalue weighted by atomic mass is 19.1. The minimum Gasteiger partial charge on any atom is -0.457 e. The number of ether oxygens (including phenoxy) is 2. The van der Waals surface area contributed by atoms with Crippen LogP contribution in [-0.4, -0.2) is 29.4 Å². The number of esters is 2. The van der Waals surface area contributed by atoms with Gasteiger partial charge in [-0.05, 0) is 50.7 Å². The molecule has 0 aromatic rings. The van der Waals surface area contributed by atoms with Gasteiger partial charge in [0.1, 0.15) is 11.7 Å². The lowest BCUT2D eigenvalue weighted by molar-refractivity contribution is -0.152. The Morgan fingerprint density at radius 2 is 1.96 bits per heavy atom. The smallest absolute Gasteiger partial charge is 0.367 e. The lowest BCUT2D eigenvalue weighted by Gasteiger charge is -2.18.